The van der Waals surface area contributed by atoms with E-state index < -0.39 is 29.9 Å². The number of nitrogens with one attached hydrogen (secondary N) is 1. The summed E-state index contributed by atoms with van der Waals surface area (Å²) in [6.45, 7) is 0.322. The van der Waals surface area contributed by atoms with Crippen LogP contribution in [0.2, 0.25) is 0 Å². The van der Waals surface area contributed by atoms with Crippen molar-refractivity contribution in [2.75, 3.05) is 5.32 Å². The summed E-state index contributed by atoms with van der Waals surface area (Å²) in [4.78, 5) is 36.0. The van der Waals surface area contributed by atoms with Crippen LogP contribution in [0.4, 0.5) is 19.0 Å². The van der Waals surface area contributed by atoms with Crippen LogP contribution in [-0.2, 0) is 20.5 Å². The van der Waals surface area contributed by atoms with Gasteiger partial charge < -0.3 is 14.6 Å². The molecule has 2 atom stereocenters. The van der Waals surface area contributed by atoms with E-state index in [4.69, 9.17) is 4.74 Å². The Labute approximate surface area is 199 Å². The third-order valence-electron chi connectivity index (χ3n) is 6.07. The van der Waals surface area contributed by atoms with Crippen LogP contribution in [0.25, 0.3) is 0 Å². The molecule has 0 saturated heterocycles. The number of carbonyl (C=O) groups excluding carboxylic acids is 2. The summed E-state index contributed by atoms with van der Waals surface area (Å²) in [6, 6.07) is 8.09. The highest BCUT2D eigenvalue weighted by atomic mass is 19.4. The van der Waals surface area contributed by atoms with Gasteiger partial charge in [0.05, 0.1) is 18.7 Å². The highest BCUT2D eigenvalue weighted by Gasteiger charge is 2.35. The second kappa shape index (κ2) is 10.7. The standard InChI is InChI=1S/C24H24F3N5O3/c25-24(26,27)20-13-32(14-30-20)19(10-16-6-4-5-7-16)23(34)31-21-12-28-18(11-29-21)22(35-15-33)17-8-2-1-3-9-17/h1-3,8-9,11-16,19,22H,4-7,10H2,(H,29,31,34). The molecule has 35 heavy (non-hydrogen) atoms. The van der Waals surface area contributed by atoms with E-state index in [1.807, 2.05) is 6.07 Å². The third-order valence-corrected chi connectivity index (χ3v) is 6.07. The van der Waals surface area contributed by atoms with Crippen molar-refractivity contribution in [2.45, 2.75) is 50.4 Å². The van der Waals surface area contributed by atoms with Gasteiger partial charge >= 0.3 is 6.18 Å². The number of hydrogen-bond donors (Lipinski definition) is 1. The van der Waals surface area contributed by atoms with E-state index in [0.29, 0.717) is 24.2 Å². The number of amides is 1. The summed E-state index contributed by atoms with van der Waals surface area (Å²) < 4.78 is 45.6. The average Bonchev–Trinajstić information content (AvgIpc) is 3.54. The summed E-state index contributed by atoms with van der Waals surface area (Å²) >= 11 is 0. The zero-order valence-electron chi connectivity index (χ0n) is 18.7. The van der Waals surface area contributed by atoms with Crippen molar-refractivity contribution in [3.8, 4) is 0 Å². The molecule has 1 saturated carbocycles. The van der Waals surface area contributed by atoms with Gasteiger partial charge in [-0.1, -0.05) is 56.0 Å². The molecule has 1 amide bonds. The van der Waals surface area contributed by atoms with Gasteiger partial charge in [0, 0.05) is 6.20 Å². The minimum Gasteiger partial charge on any atom is -0.453 e. The molecule has 0 bridgehead atoms. The molecular weight excluding hydrogens is 463 g/mol. The van der Waals surface area contributed by atoms with Crippen molar-refractivity contribution in [2.24, 2.45) is 5.92 Å². The van der Waals surface area contributed by atoms with Crippen LogP contribution >= 0.6 is 0 Å². The van der Waals surface area contributed by atoms with Crippen LogP contribution in [0.1, 0.15) is 61.2 Å². The molecule has 3 aromatic rings. The van der Waals surface area contributed by atoms with Crippen LogP contribution in [-0.4, -0.2) is 31.9 Å². The Morgan fingerprint density at radius 2 is 1.89 bits per heavy atom. The first-order valence-electron chi connectivity index (χ1n) is 11.2. The molecule has 184 valence electrons. The van der Waals surface area contributed by atoms with E-state index >= 15 is 0 Å². The van der Waals surface area contributed by atoms with E-state index in [2.05, 4.69) is 20.3 Å². The number of imidazole rings is 1. The van der Waals surface area contributed by atoms with Crippen LogP contribution < -0.4 is 5.32 Å². The first-order chi connectivity index (χ1) is 16.8. The quantitative estimate of drug-likeness (QED) is 0.439. The molecule has 1 fully saturated rings. The van der Waals surface area contributed by atoms with Crippen molar-refractivity contribution in [3.05, 3.63) is 72.2 Å². The summed E-state index contributed by atoms with van der Waals surface area (Å²) in [5.41, 5.74) is 0.00382. The number of benzene rings is 1. The molecule has 1 aromatic carbocycles. The van der Waals surface area contributed by atoms with Gasteiger partial charge in [-0.25, -0.2) is 9.97 Å². The molecule has 1 N–H and O–H groups in total. The maximum absolute atomic E-state index is 13.1. The minimum atomic E-state index is -4.60. The van der Waals surface area contributed by atoms with Crippen molar-refractivity contribution >= 4 is 18.2 Å². The van der Waals surface area contributed by atoms with Crippen LogP contribution in [0.15, 0.2) is 55.2 Å². The average molecular weight is 487 g/mol. The number of anilines is 1. The zero-order chi connectivity index (χ0) is 24.8. The van der Waals surface area contributed by atoms with E-state index in [-0.39, 0.29) is 11.7 Å². The summed E-state index contributed by atoms with van der Waals surface area (Å²) in [5.74, 6) is -0.138. The molecule has 2 aromatic heterocycles. The van der Waals surface area contributed by atoms with Gasteiger partial charge in [-0.2, -0.15) is 13.2 Å². The maximum atomic E-state index is 13.1. The fourth-order valence-electron chi connectivity index (χ4n) is 4.33. The number of carbonyl (C=O) groups is 2. The first-order valence-corrected chi connectivity index (χ1v) is 11.2. The van der Waals surface area contributed by atoms with E-state index in [0.717, 1.165) is 38.2 Å². The SMILES string of the molecule is O=COC(c1ccccc1)c1cnc(NC(=O)C(CC2CCCC2)n2cnc(C(F)(F)F)c2)cn1. The molecule has 2 unspecified atom stereocenters. The number of rotatable bonds is 9. The monoisotopic (exact) mass is 487 g/mol. The molecule has 0 spiro atoms. The first kappa shape index (κ1) is 24.4. The molecule has 2 heterocycles. The highest BCUT2D eigenvalue weighted by molar-refractivity contribution is 5.92. The topological polar surface area (TPSA) is 99.0 Å². The predicted molar refractivity (Wildman–Crippen MR) is 119 cm³/mol. The Kier molecular flexibility index (Phi) is 7.42. The molecule has 11 heteroatoms. The van der Waals surface area contributed by atoms with Crippen LogP contribution in [0.5, 0.6) is 0 Å². The fraction of sp³-hybridized carbons (Fsp3) is 0.375. The maximum Gasteiger partial charge on any atom is 0.434 e. The number of nitrogens with zero attached hydrogens (tertiary/aromatic N) is 4. The van der Waals surface area contributed by atoms with Gasteiger partial charge in [0.15, 0.2) is 17.6 Å². The van der Waals surface area contributed by atoms with Gasteiger partial charge in [0.1, 0.15) is 11.7 Å². The highest BCUT2D eigenvalue weighted by Crippen LogP contribution is 2.34. The van der Waals surface area contributed by atoms with Crippen molar-refractivity contribution in [1.29, 1.82) is 0 Å². The van der Waals surface area contributed by atoms with Gasteiger partial charge in [0.2, 0.25) is 5.91 Å². The molecule has 4 rings (SSSR count). The lowest BCUT2D eigenvalue weighted by Crippen LogP contribution is -2.27. The number of halogens is 3. The Morgan fingerprint density at radius 3 is 2.49 bits per heavy atom. The predicted octanol–water partition coefficient (Wildman–Crippen LogP) is 4.71. The van der Waals surface area contributed by atoms with Gasteiger partial charge in [0.25, 0.3) is 6.47 Å². The van der Waals surface area contributed by atoms with Crippen molar-refractivity contribution in [1.82, 2.24) is 19.5 Å². The molecule has 0 radical (unpaired) electrons. The lowest BCUT2D eigenvalue weighted by molar-refractivity contribution is -0.141. The molecule has 0 aliphatic heterocycles. The third kappa shape index (κ3) is 6.03. The summed E-state index contributed by atoms with van der Waals surface area (Å²) in [6.07, 6.45) is 3.55. The Hall–Kier alpha value is -3.76. The summed E-state index contributed by atoms with van der Waals surface area (Å²) in [7, 11) is 0. The second-order valence-electron chi connectivity index (χ2n) is 8.44. The van der Waals surface area contributed by atoms with Gasteiger partial charge in [-0.05, 0) is 17.9 Å². The molecule has 1 aliphatic carbocycles. The molecule has 1 aliphatic rings. The smallest absolute Gasteiger partial charge is 0.434 e. The second-order valence-corrected chi connectivity index (χ2v) is 8.44. The number of hydrogen-bond acceptors (Lipinski definition) is 6. The summed E-state index contributed by atoms with van der Waals surface area (Å²) in [5, 5.41) is 2.65. The van der Waals surface area contributed by atoms with Crippen LogP contribution in [0.3, 0.4) is 0 Å². The number of aromatic nitrogens is 4. The number of ether oxygens (including phenoxy) is 1. The Balaban J connectivity index is 1.52. The molecule has 8 nitrogen and oxygen atoms in total. The van der Waals surface area contributed by atoms with E-state index in [9.17, 15) is 22.8 Å². The Bertz CT molecular complexity index is 1130. The zero-order valence-corrected chi connectivity index (χ0v) is 18.7. The van der Waals surface area contributed by atoms with E-state index in [1.165, 1.54) is 17.0 Å². The van der Waals surface area contributed by atoms with Gasteiger partial charge in [-0.15, -0.1) is 0 Å². The van der Waals surface area contributed by atoms with E-state index in [1.54, 1.807) is 24.3 Å². The normalized spacial score (nSPS) is 16.0. The largest absolute Gasteiger partial charge is 0.453 e. The van der Waals surface area contributed by atoms with Crippen molar-refractivity contribution < 1.29 is 27.5 Å². The number of alkyl halides is 3. The molecular formula is C24H24F3N5O3. The minimum absolute atomic E-state index is 0.129. The van der Waals surface area contributed by atoms with Crippen LogP contribution in [0, 0.1) is 5.92 Å². The lowest BCUT2D eigenvalue weighted by atomic mass is 9.97. The van der Waals surface area contributed by atoms with Gasteiger partial charge in [-0.3, -0.25) is 14.6 Å². The van der Waals surface area contributed by atoms with Crippen molar-refractivity contribution in [3.63, 3.8) is 0 Å². The Morgan fingerprint density at radius 1 is 1.14 bits per heavy atom. The lowest BCUT2D eigenvalue weighted by Gasteiger charge is -2.21. The fourth-order valence-corrected chi connectivity index (χ4v) is 4.33.